The van der Waals surface area contributed by atoms with Crippen LogP contribution in [0.2, 0.25) is 0 Å². The summed E-state index contributed by atoms with van der Waals surface area (Å²) in [5.41, 5.74) is 7.53. The summed E-state index contributed by atoms with van der Waals surface area (Å²) in [5.74, 6) is 1.59. The van der Waals surface area contributed by atoms with E-state index in [1.807, 2.05) is 47.8 Å². The number of nitrogens with zero attached hydrogens (tertiary/aromatic N) is 1. The molecule has 0 atom stereocenters. The van der Waals surface area contributed by atoms with Crippen LogP contribution in [-0.2, 0) is 0 Å². The number of nitrogens with two attached hydrogens (primary N) is 1. The van der Waals surface area contributed by atoms with E-state index in [0.29, 0.717) is 17.3 Å². The second-order valence-electron chi connectivity index (χ2n) is 4.40. The number of furan rings is 1. The molecule has 1 aromatic carbocycles. The second kappa shape index (κ2) is 4.25. The Hall–Kier alpha value is -2.53. The molecule has 0 saturated heterocycles. The molecule has 0 bridgehead atoms. The van der Waals surface area contributed by atoms with E-state index in [2.05, 4.69) is 5.16 Å². The second-order valence-corrected chi connectivity index (χ2v) is 5.35. The Bertz CT molecular complexity index is 841. The summed E-state index contributed by atoms with van der Waals surface area (Å²) in [6, 6.07) is 13.7. The lowest BCUT2D eigenvalue weighted by molar-refractivity contribution is 0.424. The third-order valence-electron chi connectivity index (χ3n) is 3.14. The van der Waals surface area contributed by atoms with E-state index in [1.54, 1.807) is 11.3 Å². The molecule has 98 valence electrons. The molecule has 20 heavy (non-hydrogen) atoms. The zero-order chi connectivity index (χ0) is 13.5. The van der Waals surface area contributed by atoms with Crippen LogP contribution in [0.4, 0.5) is 5.82 Å². The minimum Gasteiger partial charge on any atom is -0.453 e. The lowest BCUT2D eigenvalue weighted by atomic mass is 10.1. The predicted octanol–water partition coefficient (Wildman–Crippen LogP) is 4.40. The average Bonchev–Trinajstić information content (AvgIpc) is 3.16. The van der Waals surface area contributed by atoms with Gasteiger partial charge in [-0.2, -0.15) is 0 Å². The van der Waals surface area contributed by atoms with Gasteiger partial charge in [-0.15, -0.1) is 11.3 Å². The predicted molar refractivity (Wildman–Crippen MR) is 79.4 cm³/mol. The van der Waals surface area contributed by atoms with Gasteiger partial charge in [-0.3, -0.25) is 0 Å². The summed E-state index contributed by atoms with van der Waals surface area (Å²) in [5, 5.41) is 6.88. The molecule has 0 spiro atoms. The SMILES string of the molecule is Nc1noc(-c2cc3ccccc3o2)c1-c1cccs1. The molecule has 3 heterocycles. The van der Waals surface area contributed by atoms with Crippen molar-refractivity contribution >= 4 is 28.1 Å². The Morgan fingerprint density at radius 2 is 2.00 bits per heavy atom. The maximum atomic E-state index is 5.92. The Kier molecular flexibility index (Phi) is 2.40. The molecule has 4 rings (SSSR count). The molecule has 2 N–H and O–H groups in total. The fourth-order valence-corrected chi connectivity index (χ4v) is 3.00. The topological polar surface area (TPSA) is 65.2 Å². The molecule has 4 aromatic rings. The van der Waals surface area contributed by atoms with Crippen molar-refractivity contribution in [2.45, 2.75) is 0 Å². The molecule has 5 heteroatoms. The fourth-order valence-electron chi connectivity index (χ4n) is 2.22. The Morgan fingerprint density at radius 3 is 2.80 bits per heavy atom. The average molecular weight is 282 g/mol. The fraction of sp³-hybridized carbons (Fsp3) is 0. The number of benzene rings is 1. The standard InChI is InChI=1S/C15H10N2O2S/c16-15-13(12-6-3-7-20-12)14(19-17-15)11-8-9-4-1-2-5-10(9)18-11/h1-8H,(H2,16,17). The summed E-state index contributed by atoms with van der Waals surface area (Å²) in [6.45, 7) is 0. The van der Waals surface area contributed by atoms with Crippen LogP contribution in [0.3, 0.4) is 0 Å². The lowest BCUT2D eigenvalue weighted by Crippen LogP contribution is -1.86. The Morgan fingerprint density at radius 1 is 1.10 bits per heavy atom. The van der Waals surface area contributed by atoms with Crippen LogP contribution >= 0.6 is 11.3 Å². The molecular formula is C15H10N2O2S. The molecule has 4 nitrogen and oxygen atoms in total. The highest BCUT2D eigenvalue weighted by Crippen LogP contribution is 2.40. The first-order chi connectivity index (χ1) is 9.83. The first-order valence-corrected chi connectivity index (χ1v) is 6.99. The van der Waals surface area contributed by atoms with E-state index in [0.717, 1.165) is 21.4 Å². The molecule has 0 radical (unpaired) electrons. The minimum absolute atomic E-state index is 0.378. The van der Waals surface area contributed by atoms with Crippen LogP contribution in [0.15, 0.2) is 56.8 Å². The van der Waals surface area contributed by atoms with Crippen LogP contribution in [0.5, 0.6) is 0 Å². The van der Waals surface area contributed by atoms with Gasteiger partial charge in [0.05, 0.1) is 5.56 Å². The van der Waals surface area contributed by atoms with Gasteiger partial charge in [-0.05, 0) is 23.6 Å². The quantitative estimate of drug-likeness (QED) is 0.592. The van der Waals surface area contributed by atoms with Gasteiger partial charge in [0.25, 0.3) is 0 Å². The summed E-state index contributed by atoms with van der Waals surface area (Å²) in [7, 11) is 0. The number of hydrogen-bond acceptors (Lipinski definition) is 5. The summed E-state index contributed by atoms with van der Waals surface area (Å²) < 4.78 is 11.2. The van der Waals surface area contributed by atoms with Gasteiger partial charge in [0.1, 0.15) is 5.58 Å². The number of anilines is 1. The Balaban J connectivity index is 1.95. The van der Waals surface area contributed by atoms with Crippen LogP contribution in [0, 0.1) is 0 Å². The largest absolute Gasteiger partial charge is 0.453 e. The van der Waals surface area contributed by atoms with Crippen molar-refractivity contribution in [3.63, 3.8) is 0 Å². The van der Waals surface area contributed by atoms with E-state index in [4.69, 9.17) is 14.7 Å². The van der Waals surface area contributed by atoms with Gasteiger partial charge in [0.2, 0.25) is 5.76 Å². The minimum atomic E-state index is 0.378. The van der Waals surface area contributed by atoms with Gasteiger partial charge in [0.15, 0.2) is 11.6 Å². The van der Waals surface area contributed by atoms with Crippen molar-refractivity contribution in [3.8, 4) is 22.0 Å². The van der Waals surface area contributed by atoms with Crippen LogP contribution in [-0.4, -0.2) is 5.16 Å². The molecule has 0 amide bonds. The number of rotatable bonds is 2. The van der Waals surface area contributed by atoms with Crippen LogP contribution in [0.25, 0.3) is 32.9 Å². The molecule has 0 fully saturated rings. The third-order valence-corrected chi connectivity index (χ3v) is 4.02. The number of nitrogen functional groups attached to an aromatic ring is 1. The number of thiophene rings is 1. The highest BCUT2D eigenvalue weighted by molar-refractivity contribution is 7.13. The molecule has 3 aromatic heterocycles. The van der Waals surface area contributed by atoms with Crippen LogP contribution in [0.1, 0.15) is 0 Å². The van der Waals surface area contributed by atoms with E-state index in [9.17, 15) is 0 Å². The smallest absolute Gasteiger partial charge is 0.212 e. The van der Waals surface area contributed by atoms with Crippen molar-refractivity contribution < 1.29 is 8.94 Å². The third kappa shape index (κ3) is 1.64. The number of para-hydroxylation sites is 1. The zero-order valence-electron chi connectivity index (χ0n) is 10.4. The number of hydrogen-bond donors (Lipinski definition) is 1. The van der Waals surface area contributed by atoms with Crippen molar-refractivity contribution in [1.29, 1.82) is 0 Å². The normalized spacial score (nSPS) is 11.2. The van der Waals surface area contributed by atoms with Crippen molar-refractivity contribution in [1.82, 2.24) is 5.16 Å². The number of aromatic nitrogens is 1. The molecule has 0 aliphatic heterocycles. The first-order valence-electron chi connectivity index (χ1n) is 6.11. The van der Waals surface area contributed by atoms with Crippen LogP contribution < -0.4 is 5.73 Å². The van der Waals surface area contributed by atoms with Crippen molar-refractivity contribution in [2.24, 2.45) is 0 Å². The van der Waals surface area contributed by atoms with Gasteiger partial charge >= 0.3 is 0 Å². The van der Waals surface area contributed by atoms with Crippen molar-refractivity contribution in [3.05, 3.63) is 47.8 Å². The summed E-state index contributed by atoms with van der Waals surface area (Å²) in [4.78, 5) is 1.01. The maximum Gasteiger partial charge on any atom is 0.212 e. The maximum absolute atomic E-state index is 5.92. The molecule has 0 unspecified atom stereocenters. The summed E-state index contributed by atoms with van der Waals surface area (Å²) in [6.07, 6.45) is 0. The van der Waals surface area contributed by atoms with Gasteiger partial charge in [-0.25, -0.2) is 0 Å². The first kappa shape index (κ1) is 11.3. The van der Waals surface area contributed by atoms with Gasteiger partial charge < -0.3 is 14.7 Å². The van der Waals surface area contributed by atoms with E-state index >= 15 is 0 Å². The van der Waals surface area contributed by atoms with Crippen molar-refractivity contribution in [2.75, 3.05) is 5.73 Å². The lowest BCUT2D eigenvalue weighted by Gasteiger charge is -1.95. The summed E-state index contributed by atoms with van der Waals surface area (Å²) >= 11 is 1.59. The van der Waals surface area contributed by atoms with Gasteiger partial charge in [0, 0.05) is 10.3 Å². The van der Waals surface area contributed by atoms with E-state index < -0.39 is 0 Å². The molecular weight excluding hydrogens is 272 g/mol. The monoisotopic (exact) mass is 282 g/mol. The van der Waals surface area contributed by atoms with E-state index in [-0.39, 0.29) is 0 Å². The molecule has 0 aliphatic carbocycles. The number of fused-ring (bicyclic) bond motifs is 1. The van der Waals surface area contributed by atoms with E-state index in [1.165, 1.54) is 0 Å². The highest BCUT2D eigenvalue weighted by atomic mass is 32.1. The van der Waals surface area contributed by atoms with Gasteiger partial charge in [-0.1, -0.05) is 29.4 Å². The molecule has 0 aliphatic rings. The zero-order valence-corrected chi connectivity index (χ0v) is 11.2. The molecule has 0 saturated carbocycles. The highest BCUT2D eigenvalue weighted by Gasteiger charge is 2.21. The Labute approximate surface area is 118 Å².